The summed E-state index contributed by atoms with van der Waals surface area (Å²) in [5, 5.41) is 2.31. The molecule has 4 aromatic rings. The van der Waals surface area contributed by atoms with Crippen LogP contribution < -0.4 is 15.3 Å². The van der Waals surface area contributed by atoms with Crippen molar-refractivity contribution >= 4 is 27.6 Å². The van der Waals surface area contributed by atoms with Crippen LogP contribution in [0.3, 0.4) is 0 Å². The minimum Gasteiger partial charge on any atom is -0.494 e. The van der Waals surface area contributed by atoms with E-state index in [9.17, 15) is 4.79 Å². The van der Waals surface area contributed by atoms with Crippen LogP contribution in [0.5, 0.6) is 5.75 Å². The number of nitrogens with one attached hydrogen (secondary N) is 1. The number of piperazine rings is 1. The van der Waals surface area contributed by atoms with Gasteiger partial charge in [-0.1, -0.05) is 12.1 Å². The number of ether oxygens (including phenoxy) is 1. The first-order chi connectivity index (χ1) is 16.2. The summed E-state index contributed by atoms with van der Waals surface area (Å²) in [6, 6.07) is 15.7. The summed E-state index contributed by atoms with van der Waals surface area (Å²) in [4.78, 5) is 20.2. The first-order valence-corrected chi connectivity index (χ1v) is 11.9. The molecular formula is C27H31N3O3. The highest BCUT2D eigenvalue weighted by Gasteiger charge is 2.19. The average Bonchev–Trinajstić information content (AvgIpc) is 3.24. The Balaban J connectivity index is 1.12. The van der Waals surface area contributed by atoms with Gasteiger partial charge in [0, 0.05) is 60.8 Å². The maximum Gasteiger partial charge on any atom is 0.338 e. The first-order valence-electron chi connectivity index (χ1n) is 11.9. The molecule has 5 rings (SSSR count). The minimum absolute atomic E-state index is 0.280. The summed E-state index contributed by atoms with van der Waals surface area (Å²) in [6.07, 6.45) is 5.58. The molecular weight excluding hydrogens is 414 g/mol. The molecule has 3 heterocycles. The van der Waals surface area contributed by atoms with Gasteiger partial charge in [0.1, 0.15) is 11.3 Å². The van der Waals surface area contributed by atoms with Gasteiger partial charge < -0.3 is 19.0 Å². The van der Waals surface area contributed by atoms with Crippen LogP contribution in [0, 0.1) is 0 Å². The van der Waals surface area contributed by atoms with Crippen molar-refractivity contribution in [2.24, 2.45) is 0 Å². The maximum absolute atomic E-state index is 12.0. The molecule has 1 aliphatic heterocycles. The van der Waals surface area contributed by atoms with Gasteiger partial charge in [-0.3, -0.25) is 4.90 Å². The molecule has 2 aromatic carbocycles. The number of H-pyrrole nitrogens is 1. The lowest BCUT2D eigenvalue weighted by atomic mass is 10.1. The van der Waals surface area contributed by atoms with Crippen LogP contribution in [-0.2, 0) is 6.42 Å². The fourth-order valence-corrected chi connectivity index (χ4v) is 4.85. The van der Waals surface area contributed by atoms with E-state index in [1.54, 1.807) is 6.07 Å². The molecule has 2 aromatic heterocycles. The lowest BCUT2D eigenvalue weighted by molar-refractivity contribution is 0.253. The quantitative estimate of drug-likeness (QED) is 0.311. The monoisotopic (exact) mass is 445 g/mol. The van der Waals surface area contributed by atoms with Gasteiger partial charge in [-0.15, -0.1) is 0 Å². The molecule has 1 aliphatic rings. The minimum atomic E-state index is -0.280. The fraction of sp³-hybridized carbons (Fsp3) is 0.370. The van der Waals surface area contributed by atoms with Crippen LogP contribution in [0.2, 0.25) is 0 Å². The molecule has 1 fully saturated rings. The van der Waals surface area contributed by atoms with Gasteiger partial charge in [0.2, 0.25) is 0 Å². The van der Waals surface area contributed by atoms with Gasteiger partial charge in [0.15, 0.2) is 0 Å². The van der Waals surface area contributed by atoms with E-state index in [4.69, 9.17) is 9.15 Å². The molecule has 1 N–H and O–H groups in total. The zero-order valence-electron chi connectivity index (χ0n) is 19.2. The van der Waals surface area contributed by atoms with Crippen molar-refractivity contribution in [3.63, 3.8) is 0 Å². The van der Waals surface area contributed by atoms with Crippen molar-refractivity contribution in [2.45, 2.75) is 26.2 Å². The van der Waals surface area contributed by atoms with Gasteiger partial charge in [-0.05, 0) is 62.6 Å². The van der Waals surface area contributed by atoms with Crippen molar-refractivity contribution < 1.29 is 9.15 Å². The van der Waals surface area contributed by atoms with Crippen LogP contribution in [-0.4, -0.2) is 49.2 Å². The Labute approximate surface area is 193 Å². The van der Waals surface area contributed by atoms with Crippen molar-refractivity contribution in [1.29, 1.82) is 0 Å². The molecule has 0 radical (unpaired) electrons. The van der Waals surface area contributed by atoms with Gasteiger partial charge in [-0.2, -0.15) is 0 Å². The third kappa shape index (κ3) is 4.76. The Morgan fingerprint density at radius 2 is 1.85 bits per heavy atom. The summed E-state index contributed by atoms with van der Waals surface area (Å²) in [5.41, 5.74) is 3.90. The van der Waals surface area contributed by atoms with E-state index in [-0.39, 0.29) is 5.63 Å². The van der Waals surface area contributed by atoms with Crippen LogP contribution in [0.25, 0.3) is 21.9 Å². The van der Waals surface area contributed by atoms with Crippen LogP contribution >= 0.6 is 0 Å². The van der Waals surface area contributed by atoms with E-state index in [0.29, 0.717) is 12.2 Å². The number of rotatable bonds is 8. The van der Waals surface area contributed by atoms with E-state index >= 15 is 0 Å². The zero-order valence-corrected chi connectivity index (χ0v) is 19.2. The van der Waals surface area contributed by atoms with Crippen LogP contribution in [0.4, 0.5) is 5.69 Å². The van der Waals surface area contributed by atoms with E-state index < -0.39 is 0 Å². The average molecular weight is 446 g/mol. The summed E-state index contributed by atoms with van der Waals surface area (Å²) >= 11 is 0. The van der Waals surface area contributed by atoms with Crippen molar-refractivity contribution in [3.8, 4) is 5.75 Å². The van der Waals surface area contributed by atoms with Crippen molar-refractivity contribution in [2.75, 3.05) is 44.2 Å². The number of nitrogens with zero attached hydrogens (tertiary/aromatic N) is 2. The molecule has 0 unspecified atom stereocenters. The van der Waals surface area contributed by atoms with E-state index in [1.165, 1.54) is 23.8 Å². The van der Waals surface area contributed by atoms with E-state index in [1.807, 2.05) is 31.2 Å². The number of benzene rings is 2. The predicted octanol–water partition coefficient (Wildman–Crippen LogP) is 4.82. The number of hydrogen-bond acceptors (Lipinski definition) is 5. The SMILES string of the molecule is CCOc1ccc2c(CCCCN3CCN(c4cc(=O)oc5ccccc45)CC3)c[nH]c2c1. The van der Waals surface area contributed by atoms with Crippen molar-refractivity contribution in [1.82, 2.24) is 9.88 Å². The molecule has 172 valence electrons. The Morgan fingerprint density at radius 3 is 2.70 bits per heavy atom. The lowest BCUT2D eigenvalue weighted by Gasteiger charge is -2.36. The number of anilines is 1. The highest BCUT2D eigenvalue weighted by Crippen LogP contribution is 2.27. The Hall–Kier alpha value is -3.25. The Morgan fingerprint density at radius 1 is 1.00 bits per heavy atom. The second kappa shape index (κ2) is 9.71. The normalized spacial score (nSPS) is 14.9. The van der Waals surface area contributed by atoms with Crippen LogP contribution in [0.1, 0.15) is 25.3 Å². The molecule has 33 heavy (non-hydrogen) atoms. The smallest absolute Gasteiger partial charge is 0.338 e. The second-order valence-electron chi connectivity index (χ2n) is 8.69. The van der Waals surface area contributed by atoms with Gasteiger partial charge in [-0.25, -0.2) is 4.79 Å². The fourth-order valence-electron chi connectivity index (χ4n) is 4.85. The number of para-hydroxylation sites is 1. The largest absolute Gasteiger partial charge is 0.494 e. The molecule has 0 amide bonds. The maximum atomic E-state index is 12.0. The zero-order chi connectivity index (χ0) is 22.6. The standard InChI is InChI=1S/C27H31N3O3/c1-2-32-21-10-11-22-20(19-28-24(22)17-21)7-5-6-12-29-13-15-30(16-14-29)25-18-27(31)33-26-9-4-3-8-23(25)26/h3-4,8-11,17-19,28H,2,5-7,12-16H2,1H3. The number of aromatic nitrogens is 1. The summed E-state index contributed by atoms with van der Waals surface area (Å²) in [6.45, 7) is 7.69. The molecule has 0 atom stereocenters. The summed E-state index contributed by atoms with van der Waals surface area (Å²) < 4.78 is 11.0. The summed E-state index contributed by atoms with van der Waals surface area (Å²) in [7, 11) is 0. The molecule has 0 bridgehead atoms. The van der Waals surface area contributed by atoms with Gasteiger partial charge >= 0.3 is 5.63 Å². The Kier molecular flexibility index (Phi) is 6.35. The third-order valence-electron chi connectivity index (χ3n) is 6.56. The second-order valence-corrected chi connectivity index (χ2v) is 8.69. The van der Waals surface area contributed by atoms with Crippen LogP contribution in [0.15, 0.2) is 63.9 Å². The van der Waals surface area contributed by atoms with Gasteiger partial charge in [0.25, 0.3) is 0 Å². The highest BCUT2D eigenvalue weighted by atomic mass is 16.5. The van der Waals surface area contributed by atoms with Crippen molar-refractivity contribution in [3.05, 3.63) is 70.7 Å². The molecule has 0 saturated carbocycles. The Bertz CT molecular complexity index is 1280. The van der Waals surface area contributed by atoms with Gasteiger partial charge in [0.05, 0.1) is 12.3 Å². The number of aryl methyl sites for hydroxylation is 1. The lowest BCUT2D eigenvalue weighted by Crippen LogP contribution is -2.46. The molecule has 0 aliphatic carbocycles. The highest BCUT2D eigenvalue weighted by molar-refractivity contribution is 5.90. The molecule has 1 saturated heterocycles. The molecule has 6 heteroatoms. The number of hydrogen-bond donors (Lipinski definition) is 1. The molecule has 6 nitrogen and oxygen atoms in total. The number of fused-ring (bicyclic) bond motifs is 2. The number of aromatic amines is 1. The van der Waals surface area contributed by atoms with E-state index in [2.05, 4.69) is 39.2 Å². The molecule has 0 spiro atoms. The first kappa shape index (κ1) is 21.6. The summed E-state index contributed by atoms with van der Waals surface area (Å²) in [5.74, 6) is 0.918. The predicted molar refractivity (Wildman–Crippen MR) is 134 cm³/mol. The topological polar surface area (TPSA) is 61.7 Å². The number of unbranched alkanes of at least 4 members (excludes halogenated alkanes) is 1. The third-order valence-corrected chi connectivity index (χ3v) is 6.56. The van der Waals surface area contributed by atoms with E-state index in [0.717, 1.165) is 61.5 Å².